The number of aryl methyl sites for hydroxylation is 2. The molecular weight excluding hydrogens is 712 g/mol. The van der Waals surface area contributed by atoms with Crippen LogP contribution in [0.3, 0.4) is 0 Å². The molecule has 0 bridgehead atoms. The number of nitrogens with zero attached hydrogens (tertiary/aromatic N) is 4. The second-order valence-electron chi connectivity index (χ2n) is 13.4. The Bertz CT molecular complexity index is 2700. The van der Waals surface area contributed by atoms with Crippen LogP contribution in [0.5, 0.6) is 0 Å². The molecule has 2 heterocycles. The van der Waals surface area contributed by atoms with Crippen LogP contribution in [0.4, 0.5) is 0 Å². The largest absolute Gasteiger partial charge is 0.255 e. The van der Waals surface area contributed by atoms with Crippen LogP contribution in [0.15, 0.2) is 168 Å². The maximum Gasteiger partial charge on any atom is 0.165 e. The molecule has 0 saturated carbocycles. The maximum absolute atomic E-state index is 5.09. The summed E-state index contributed by atoms with van der Waals surface area (Å²) in [7, 11) is 0. The second-order valence-corrected chi connectivity index (χ2v) is 14.3. The van der Waals surface area contributed by atoms with E-state index in [-0.39, 0.29) is 0 Å². The smallest absolute Gasteiger partial charge is 0.165 e. The first-order valence-corrected chi connectivity index (χ1v) is 18.4. The van der Waals surface area contributed by atoms with Gasteiger partial charge < -0.3 is 0 Å². The summed E-state index contributed by atoms with van der Waals surface area (Å²) in [4.78, 5) is 20.2. The summed E-state index contributed by atoms with van der Waals surface area (Å²) in [5.74, 6) is 1.82. The first-order valence-electron chi connectivity index (χ1n) is 17.7. The van der Waals surface area contributed by atoms with Gasteiger partial charge >= 0.3 is 0 Å². The van der Waals surface area contributed by atoms with E-state index in [4.69, 9.17) is 19.9 Å². The molecule has 0 aliphatic rings. The molecule has 0 saturated heterocycles. The van der Waals surface area contributed by atoms with Gasteiger partial charge in [-0.05, 0) is 75.8 Å². The van der Waals surface area contributed by atoms with Crippen molar-refractivity contribution in [2.75, 3.05) is 0 Å². The van der Waals surface area contributed by atoms with Crippen molar-refractivity contribution < 1.29 is 0 Å². The van der Waals surface area contributed by atoms with E-state index in [1.807, 2.05) is 12.3 Å². The zero-order valence-corrected chi connectivity index (χ0v) is 30.8. The number of pyridine rings is 1. The monoisotopic (exact) mass is 744 g/mol. The third kappa shape index (κ3) is 6.30. The first-order chi connectivity index (χ1) is 26.0. The molecule has 4 nitrogen and oxygen atoms in total. The summed E-state index contributed by atoms with van der Waals surface area (Å²) in [5, 5.41) is 4.46. The van der Waals surface area contributed by atoms with E-state index < -0.39 is 0 Å². The van der Waals surface area contributed by atoms with Crippen LogP contribution >= 0.6 is 15.9 Å². The number of rotatable bonds is 6. The Kier molecular flexibility index (Phi) is 8.41. The fraction of sp³-hybridized carbons (Fsp3) is 0.0417. The summed E-state index contributed by atoms with van der Waals surface area (Å²) in [6.07, 6.45) is 1.86. The molecule has 9 aromatic rings. The number of hydrogen-bond acceptors (Lipinski definition) is 4. The average Bonchev–Trinajstić information content (AvgIpc) is 3.20. The second kappa shape index (κ2) is 13.7. The summed E-state index contributed by atoms with van der Waals surface area (Å²) in [5.41, 5.74) is 11.9. The van der Waals surface area contributed by atoms with Crippen molar-refractivity contribution >= 4 is 37.5 Å². The average molecular weight is 746 g/mol. The van der Waals surface area contributed by atoms with E-state index in [0.717, 1.165) is 59.5 Å². The van der Waals surface area contributed by atoms with E-state index in [9.17, 15) is 0 Å². The highest BCUT2D eigenvalue weighted by molar-refractivity contribution is 9.10. The Balaban J connectivity index is 1.11. The number of hydrogen-bond donors (Lipinski definition) is 0. The SMILES string of the molecule is Cc1cc(C)cc(-c2ccccc2-c2ccc(-c3ccc(-c4nc(-c5cccc6ccccc56)nc(-c5cccc6ccccc56)n4)cn3)cc2Br)c1. The molecule has 9 rings (SSSR count). The molecule has 0 radical (unpaired) electrons. The van der Waals surface area contributed by atoms with Crippen molar-refractivity contribution in [3.63, 3.8) is 0 Å². The van der Waals surface area contributed by atoms with E-state index in [1.165, 1.54) is 27.8 Å². The minimum atomic E-state index is 0.574. The van der Waals surface area contributed by atoms with Crippen LogP contribution in [-0.4, -0.2) is 19.9 Å². The highest BCUT2D eigenvalue weighted by atomic mass is 79.9. The lowest BCUT2D eigenvalue weighted by Crippen LogP contribution is -2.01. The Hall–Kier alpha value is -6.30. The molecule has 0 aliphatic carbocycles. The maximum atomic E-state index is 5.09. The molecule has 0 aliphatic heterocycles. The quantitative estimate of drug-likeness (QED) is 0.170. The van der Waals surface area contributed by atoms with E-state index in [0.29, 0.717) is 17.5 Å². The highest BCUT2D eigenvalue weighted by Gasteiger charge is 2.17. The third-order valence-corrected chi connectivity index (χ3v) is 10.4. The van der Waals surface area contributed by atoms with Crippen molar-refractivity contribution in [1.82, 2.24) is 19.9 Å². The predicted molar refractivity (Wildman–Crippen MR) is 222 cm³/mol. The van der Waals surface area contributed by atoms with Crippen LogP contribution in [0, 0.1) is 13.8 Å². The molecule has 0 fully saturated rings. The topological polar surface area (TPSA) is 51.6 Å². The Morgan fingerprint density at radius 2 is 0.925 bits per heavy atom. The summed E-state index contributed by atoms with van der Waals surface area (Å²) < 4.78 is 1.01. The molecule has 0 N–H and O–H groups in total. The minimum Gasteiger partial charge on any atom is -0.255 e. The van der Waals surface area contributed by atoms with Gasteiger partial charge in [-0.3, -0.25) is 4.98 Å². The van der Waals surface area contributed by atoms with Crippen molar-refractivity contribution in [1.29, 1.82) is 0 Å². The lowest BCUT2D eigenvalue weighted by Gasteiger charge is -2.14. The van der Waals surface area contributed by atoms with Crippen molar-refractivity contribution in [2.45, 2.75) is 13.8 Å². The summed E-state index contributed by atoms with van der Waals surface area (Å²) in [6, 6.07) is 55.0. The van der Waals surface area contributed by atoms with Gasteiger partial charge in [0.05, 0.1) is 5.69 Å². The molecule has 0 unspecified atom stereocenters. The Morgan fingerprint density at radius 3 is 1.53 bits per heavy atom. The van der Waals surface area contributed by atoms with Gasteiger partial charge in [-0.15, -0.1) is 0 Å². The molecule has 252 valence electrons. The molecule has 2 aromatic heterocycles. The van der Waals surface area contributed by atoms with Crippen molar-refractivity contribution in [3.8, 4) is 67.7 Å². The van der Waals surface area contributed by atoms with Gasteiger partial charge in [0.25, 0.3) is 0 Å². The van der Waals surface area contributed by atoms with Gasteiger partial charge in [0.1, 0.15) is 0 Å². The zero-order chi connectivity index (χ0) is 35.9. The molecule has 53 heavy (non-hydrogen) atoms. The van der Waals surface area contributed by atoms with Crippen LogP contribution in [0.1, 0.15) is 11.1 Å². The number of halogens is 1. The Morgan fingerprint density at radius 1 is 0.396 bits per heavy atom. The summed E-state index contributed by atoms with van der Waals surface area (Å²) in [6.45, 7) is 4.30. The Labute approximate surface area is 317 Å². The lowest BCUT2D eigenvalue weighted by molar-refractivity contribution is 1.07. The number of benzene rings is 7. The lowest BCUT2D eigenvalue weighted by atomic mass is 9.92. The molecule has 0 atom stereocenters. The van der Waals surface area contributed by atoms with Gasteiger partial charge in [0.15, 0.2) is 17.5 Å². The van der Waals surface area contributed by atoms with Crippen molar-refractivity contribution in [2.24, 2.45) is 0 Å². The zero-order valence-electron chi connectivity index (χ0n) is 29.3. The summed E-state index contributed by atoms with van der Waals surface area (Å²) >= 11 is 3.91. The highest BCUT2D eigenvalue weighted by Crippen LogP contribution is 2.39. The van der Waals surface area contributed by atoms with E-state index >= 15 is 0 Å². The fourth-order valence-corrected chi connectivity index (χ4v) is 7.87. The fourth-order valence-electron chi connectivity index (χ4n) is 7.28. The normalized spacial score (nSPS) is 11.3. The molecule has 7 aromatic carbocycles. The third-order valence-electron chi connectivity index (χ3n) is 9.73. The van der Waals surface area contributed by atoms with E-state index in [2.05, 4.69) is 181 Å². The van der Waals surface area contributed by atoms with Gasteiger partial charge in [-0.1, -0.05) is 167 Å². The predicted octanol–water partition coefficient (Wildman–Crippen LogP) is 13.0. The van der Waals surface area contributed by atoms with Gasteiger partial charge in [0, 0.05) is 32.9 Å². The molecule has 0 spiro atoms. The van der Waals surface area contributed by atoms with Crippen LogP contribution < -0.4 is 0 Å². The van der Waals surface area contributed by atoms with Crippen LogP contribution in [0.2, 0.25) is 0 Å². The van der Waals surface area contributed by atoms with Gasteiger partial charge in [-0.25, -0.2) is 15.0 Å². The van der Waals surface area contributed by atoms with Crippen molar-refractivity contribution in [3.05, 3.63) is 180 Å². The molecule has 0 amide bonds. The molecular formula is C48H33BrN4. The van der Waals surface area contributed by atoms with Gasteiger partial charge in [0.2, 0.25) is 0 Å². The number of aromatic nitrogens is 4. The molecule has 5 heteroatoms. The minimum absolute atomic E-state index is 0.574. The van der Waals surface area contributed by atoms with Crippen LogP contribution in [-0.2, 0) is 0 Å². The first kappa shape index (κ1) is 32.6. The number of fused-ring (bicyclic) bond motifs is 2. The van der Waals surface area contributed by atoms with E-state index in [1.54, 1.807) is 0 Å². The standard InChI is InChI=1S/C48H33BrN4/c1-30-25-31(2)27-36(26-30)39-17-7-8-18-40(39)41-23-21-34(28-44(41)49)45-24-22-35(29-50-45)46-51-47(42-19-9-13-32-11-3-5-15-37(32)42)53-48(52-46)43-20-10-14-33-12-4-6-16-38(33)43/h3-29H,1-2H3. The van der Waals surface area contributed by atoms with Gasteiger partial charge in [-0.2, -0.15) is 0 Å². The van der Waals surface area contributed by atoms with Crippen LogP contribution in [0.25, 0.3) is 89.2 Å².